The van der Waals surface area contributed by atoms with Gasteiger partial charge in [-0.25, -0.2) is 0 Å². The molecule has 0 bridgehead atoms. The number of aryl methyl sites for hydroxylation is 1. The molecule has 1 unspecified atom stereocenters. The van der Waals surface area contributed by atoms with Crippen LogP contribution in [0.3, 0.4) is 0 Å². The summed E-state index contributed by atoms with van der Waals surface area (Å²) in [5.41, 5.74) is 1.32. The van der Waals surface area contributed by atoms with Crippen LogP contribution in [-0.2, 0) is 12.2 Å². The topological polar surface area (TPSA) is 29.1 Å². The molecule has 0 saturated carbocycles. The fourth-order valence-corrected chi connectivity index (χ4v) is 4.03. The van der Waals surface area contributed by atoms with Gasteiger partial charge in [0.2, 0.25) is 0 Å². The molecule has 90 valence electrons. The minimum Gasteiger partial charge on any atom is -0.338 e. The van der Waals surface area contributed by atoms with E-state index in [0.717, 1.165) is 29.2 Å². The maximum atomic E-state index is 12.0. The van der Waals surface area contributed by atoms with Gasteiger partial charge >= 0.3 is 0 Å². The van der Waals surface area contributed by atoms with Gasteiger partial charge < -0.3 is 5.32 Å². The molecule has 2 rings (SSSR count). The Morgan fingerprint density at radius 3 is 3.18 bits per heavy atom. The largest absolute Gasteiger partial charge is 0.338 e. The highest BCUT2D eigenvalue weighted by Crippen LogP contribution is 2.31. The molecule has 17 heavy (non-hydrogen) atoms. The van der Waals surface area contributed by atoms with Crippen LogP contribution < -0.4 is 5.32 Å². The van der Waals surface area contributed by atoms with Crippen molar-refractivity contribution in [2.24, 2.45) is 0 Å². The molecule has 1 aliphatic heterocycles. The quantitative estimate of drug-likeness (QED) is 0.851. The lowest BCUT2D eigenvalue weighted by atomic mass is 10.2. The van der Waals surface area contributed by atoms with Gasteiger partial charge in [-0.1, -0.05) is 12.8 Å². The van der Waals surface area contributed by atoms with Crippen LogP contribution in [0.25, 0.3) is 0 Å². The summed E-state index contributed by atoms with van der Waals surface area (Å²) in [5.74, 6) is 4.75. The summed E-state index contributed by atoms with van der Waals surface area (Å²) in [6.07, 6.45) is 7.20. The van der Waals surface area contributed by atoms with E-state index in [1.807, 2.05) is 24.8 Å². The van der Waals surface area contributed by atoms with Gasteiger partial charge in [0.05, 0.1) is 10.9 Å². The van der Waals surface area contributed by atoms with E-state index in [2.05, 4.69) is 11.2 Å². The number of carbonyl (C=O) groups is 1. The maximum absolute atomic E-state index is 12.0. The number of terminal acetylenes is 1. The summed E-state index contributed by atoms with van der Waals surface area (Å²) in [5, 5.41) is 2.87. The number of hydrogen-bond donors (Lipinski definition) is 1. The van der Waals surface area contributed by atoms with Gasteiger partial charge in [0.1, 0.15) is 0 Å². The standard InChI is InChI=1S/C13H15NOS2/c1-3-10(4-2)14-13(15)12-7-9-8-16-6-5-11(9)17-12/h1,7,10H,4-6,8H2,2H3,(H,14,15). The molecule has 0 saturated heterocycles. The number of amides is 1. The smallest absolute Gasteiger partial charge is 0.262 e. The van der Waals surface area contributed by atoms with Gasteiger partial charge in [-0.05, 0) is 30.2 Å². The Hall–Kier alpha value is -0.920. The Balaban J connectivity index is 2.09. The lowest BCUT2D eigenvalue weighted by molar-refractivity contribution is 0.0949. The molecular formula is C13H15NOS2. The van der Waals surface area contributed by atoms with Crippen molar-refractivity contribution in [3.63, 3.8) is 0 Å². The lowest BCUT2D eigenvalue weighted by Crippen LogP contribution is -2.32. The first-order chi connectivity index (χ1) is 8.24. The molecule has 4 heteroatoms. The van der Waals surface area contributed by atoms with Crippen molar-refractivity contribution in [3.8, 4) is 12.3 Å². The molecule has 2 nitrogen and oxygen atoms in total. The average Bonchev–Trinajstić information content (AvgIpc) is 2.79. The van der Waals surface area contributed by atoms with E-state index in [9.17, 15) is 4.79 Å². The molecule has 1 aliphatic rings. The minimum absolute atomic E-state index is 0.0285. The average molecular weight is 265 g/mol. The van der Waals surface area contributed by atoms with Crippen LogP contribution in [0.5, 0.6) is 0 Å². The molecule has 0 aliphatic carbocycles. The van der Waals surface area contributed by atoms with Crippen LogP contribution in [0.2, 0.25) is 0 Å². The summed E-state index contributed by atoms with van der Waals surface area (Å²) < 4.78 is 0. The van der Waals surface area contributed by atoms with Crippen LogP contribution >= 0.6 is 23.1 Å². The van der Waals surface area contributed by atoms with E-state index in [-0.39, 0.29) is 11.9 Å². The van der Waals surface area contributed by atoms with Gasteiger partial charge in [-0.15, -0.1) is 17.8 Å². The number of thiophene rings is 1. The van der Waals surface area contributed by atoms with E-state index in [0.29, 0.717) is 0 Å². The molecule has 1 N–H and O–H groups in total. The maximum Gasteiger partial charge on any atom is 0.262 e. The van der Waals surface area contributed by atoms with E-state index in [1.54, 1.807) is 11.3 Å². The highest BCUT2D eigenvalue weighted by Gasteiger charge is 2.18. The van der Waals surface area contributed by atoms with Crippen LogP contribution in [-0.4, -0.2) is 17.7 Å². The number of rotatable bonds is 3. The summed E-state index contributed by atoms with van der Waals surface area (Å²) in [6.45, 7) is 1.97. The Morgan fingerprint density at radius 2 is 2.53 bits per heavy atom. The summed E-state index contributed by atoms with van der Waals surface area (Å²) >= 11 is 3.54. The fourth-order valence-electron chi connectivity index (χ4n) is 1.75. The highest BCUT2D eigenvalue weighted by atomic mass is 32.2. The Morgan fingerprint density at radius 1 is 1.71 bits per heavy atom. The second kappa shape index (κ2) is 5.61. The van der Waals surface area contributed by atoms with Crippen molar-refractivity contribution in [2.75, 3.05) is 5.75 Å². The van der Waals surface area contributed by atoms with Crippen LogP contribution in [0.15, 0.2) is 6.07 Å². The van der Waals surface area contributed by atoms with Crippen molar-refractivity contribution < 1.29 is 4.79 Å². The summed E-state index contributed by atoms with van der Waals surface area (Å²) in [7, 11) is 0. The van der Waals surface area contributed by atoms with Crippen molar-refractivity contribution in [1.29, 1.82) is 0 Å². The lowest BCUT2D eigenvalue weighted by Gasteiger charge is -2.08. The van der Waals surface area contributed by atoms with E-state index in [1.165, 1.54) is 10.4 Å². The third kappa shape index (κ3) is 2.85. The molecule has 0 fully saturated rings. The number of carbonyl (C=O) groups excluding carboxylic acids is 1. The zero-order valence-electron chi connectivity index (χ0n) is 9.79. The Kier molecular flexibility index (Phi) is 4.14. The van der Waals surface area contributed by atoms with Crippen LogP contribution in [0.1, 0.15) is 33.5 Å². The van der Waals surface area contributed by atoms with Gasteiger partial charge in [0, 0.05) is 10.6 Å². The van der Waals surface area contributed by atoms with Gasteiger partial charge in [0.25, 0.3) is 5.91 Å². The van der Waals surface area contributed by atoms with Crippen molar-refractivity contribution >= 4 is 29.0 Å². The zero-order chi connectivity index (χ0) is 12.3. The highest BCUT2D eigenvalue weighted by molar-refractivity contribution is 7.98. The molecule has 1 amide bonds. The van der Waals surface area contributed by atoms with Crippen LogP contribution in [0, 0.1) is 12.3 Å². The Labute approximate surface area is 110 Å². The number of nitrogens with one attached hydrogen (secondary N) is 1. The second-order valence-corrected chi connectivity index (χ2v) is 6.20. The molecule has 1 atom stereocenters. The van der Waals surface area contributed by atoms with Gasteiger partial charge in [0.15, 0.2) is 0 Å². The van der Waals surface area contributed by atoms with E-state index in [4.69, 9.17) is 6.42 Å². The monoisotopic (exact) mass is 265 g/mol. The van der Waals surface area contributed by atoms with E-state index < -0.39 is 0 Å². The SMILES string of the molecule is C#CC(CC)NC(=O)c1cc2c(s1)CCSC2. The molecule has 1 aromatic rings. The molecular weight excluding hydrogens is 250 g/mol. The molecule has 1 aromatic heterocycles. The zero-order valence-corrected chi connectivity index (χ0v) is 11.4. The van der Waals surface area contributed by atoms with Crippen molar-refractivity contribution in [1.82, 2.24) is 5.32 Å². The van der Waals surface area contributed by atoms with Crippen molar-refractivity contribution in [3.05, 3.63) is 21.4 Å². The van der Waals surface area contributed by atoms with Gasteiger partial charge in [-0.3, -0.25) is 4.79 Å². The van der Waals surface area contributed by atoms with Crippen LogP contribution in [0.4, 0.5) is 0 Å². The molecule has 2 heterocycles. The summed E-state index contributed by atoms with van der Waals surface area (Å²) in [4.78, 5) is 14.1. The second-order valence-electron chi connectivity index (χ2n) is 3.96. The first-order valence-corrected chi connectivity index (χ1v) is 7.68. The third-order valence-electron chi connectivity index (χ3n) is 2.77. The summed E-state index contributed by atoms with van der Waals surface area (Å²) in [6, 6.07) is 1.86. The van der Waals surface area contributed by atoms with Crippen molar-refractivity contribution in [2.45, 2.75) is 31.6 Å². The first kappa shape index (κ1) is 12.5. The number of thioether (sulfide) groups is 1. The Bertz CT molecular complexity index is 435. The molecule has 0 radical (unpaired) electrons. The molecule has 0 aromatic carbocycles. The predicted molar refractivity (Wildman–Crippen MR) is 74.6 cm³/mol. The van der Waals surface area contributed by atoms with Gasteiger partial charge in [-0.2, -0.15) is 11.8 Å². The number of fused-ring (bicyclic) bond motifs is 1. The van der Waals surface area contributed by atoms with E-state index >= 15 is 0 Å². The normalized spacial score (nSPS) is 15.8. The third-order valence-corrected chi connectivity index (χ3v) is 5.01. The number of hydrogen-bond acceptors (Lipinski definition) is 3. The first-order valence-electron chi connectivity index (χ1n) is 5.71. The minimum atomic E-state index is -0.156. The predicted octanol–water partition coefficient (Wildman–Crippen LogP) is 2.68. The molecule has 0 spiro atoms. The fraction of sp³-hybridized carbons (Fsp3) is 0.462.